The topological polar surface area (TPSA) is 214 Å². The monoisotopic (exact) mass is 1800 g/mol. The molecule has 0 amide bonds. The summed E-state index contributed by atoms with van der Waals surface area (Å²) in [4.78, 5) is 0. The zero-order valence-electron chi connectivity index (χ0n) is 78.8. The summed E-state index contributed by atoms with van der Waals surface area (Å²) in [5.41, 5.74) is 7.13. The summed E-state index contributed by atoms with van der Waals surface area (Å²) in [6, 6.07) is 71.1. The van der Waals surface area contributed by atoms with Gasteiger partial charge in [0.2, 0.25) is 0 Å². The summed E-state index contributed by atoms with van der Waals surface area (Å²) in [5.74, 6) is -1.78. The molecule has 710 valence electrons. The van der Waals surface area contributed by atoms with Gasteiger partial charge in [0.05, 0.1) is 135 Å². The molecular formula is C108H146O22. The fourth-order valence-corrected chi connectivity index (χ4v) is 19.6. The second-order valence-electron chi connectivity index (χ2n) is 37.7. The summed E-state index contributed by atoms with van der Waals surface area (Å²) < 4.78 is 152. The van der Waals surface area contributed by atoms with Crippen LogP contribution in [0.3, 0.4) is 0 Å². The van der Waals surface area contributed by atoms with Crippen LogP contribution in [-0.2, 0) is 146 Å². The van der Waals surface area contributed by atoms with E-state index in [9.17, 15) is 5.11 Å². The molecule has 7 saturated heterocycles. The molecule has 14 unspecified atom stereocenters. The van der Waals surface area contributed by atoms with E-state index in [1.54, 1.807) is 6.08 Å². The van der Waals surface area contributed by atoms with E-state index in [-0.39, 0.29) is 118 Å². The van der Waals surface area contributed by atoms with Crippen LogP contribution >= 0.6 is 0 Å². The normalized spacial score (nSPS) is 36.6. The summed E-state index contributed by atoms with van der Waals surface area (Å²) in [6.07, 6.45) is -14.8. The zero-order valence-corrected chi connectivity index (χ0v) is 78.8. The summed E-state index contributed by atoms with van der Waals surface area (Å²) >= 11 is 0. The van der Waals surface area contributed by atoms with Gasteiger partial charge in [-0.05, 0) is 99.1 Å². The Balaban J connectivity index is 0.807. The molecule has 7 aromatic rings. The van der Waals surface area contributed by atoms with Crippen molar-refractivity contribution < 1.29 is 105 Å². The molecule has 130 heavy (non-hydrogen) atoms. The van der Waals surface area contributed by atoms with Crippen LogP contribution < -0.4 is 0 Å². The van der Waals surface area contributed by atoms with Crippen molar-refractivity contribution in [3.63, 3.8) is 0 Å². The molecule has 1 N–H and O–H groups in total. The van der Waals surface area contributed by atoms with Crippen LogP contribution in [0.4, 0.5) is 0 Å². The third-order valence-electron chi connectivity index (χ3n) is 28.9. The SMILES string of the molecule is C=CCO[C@H]1OC(CO[C@@H]2OC(COCc3ccccc3)[C@@H](C)[C@H](C)C2O)[C@@H](O[C@@H]2OC(COCc3ccccc3)[C@@H](C)[C@H](C)C2O[C@H]2OC(CC)[C@@H](O[C@@H]3OC(COCc4ccccc4)[C@H](O[C@H]4OC(COCc5ccccc5)[C@H](C)[C@H](C)C4C)[C@H](C)C3OCc3ccccc3)[C@H](C)C2OCc2ccccc2)[C@H](O[C@@H]2OC(CC)[C@@H](C)[C@H](C)C2OCc2ccccc2)C1C. The minimum Gasteiger partial charge on any atom is -0.388 e. The molecule has 7 aromatic carbocycles. The number of ether oxygens (including phenoxy) is 21. The molecule has 0 radical (unpaired) electrons. The molecule has 7 fully saturated rings. The highest BCUT2D eigenvalue weighted by molar-refractivity contribution is 5.19. The van der Waals surface area contributed by atoms with Crippen LogP contribution in [0.2, 0.25) is 0 Å². The van der Waals surface area contributed by atoms with E-state index in [1.807, 2.05) is 153 Å². The number of hydrogen-bond acceptors (Lipinski definition) is 22. The summed E-state index contributed by atoms with van der Waals surface area (Å²) in [6.45, 7) is 37.7. The minimum atomic E-state index is -1.20. The van der Waals surface area contributed by atoms with Crippen LogP contribution in [0.15, 0.2) is 225 Å². The van der Waals surface area contributed by atoms with Crippen LogP contribution in [0.25, 0.3) is 0 Å². The molecule has 7 aliphatic heterocycles. The van der Waals surface area contributed by atoms with Gasteiger partial charge in [-0.3, -0.25) is 0 Å². The molecule has 0 spiro atoms. The Kier molecular flexibility index (Phi) is 37.6. The molecule has 0 aromatic heterocycles. The smallest absolute Gasteiger partial charge is 0.185 e. The van der Waals surface area contributed by atoms with E-state index >= 15 is 0 Å². The molecule has 0 aliphatic carbocycles. The average Bonchev–Trinajstić information content (AvgIpc) is 0.766. The third kappa shape index (κ3) is 25.8. The van der Waals surface area contributed by atoms with Gasteiger partial charge in [-0.1, -0.05) is 315 Å². The van der Waals surface area contributed by atoms with Gasteiger partial charge >= 0.3 is 0 Å². The van der Waals surface area contributed by atoms with E-state index in [0.29, 0.717) is 46.1 Å². The third-order valence-corrected chi connectivity index (χ3v) is 28.9. The number of aliphatic hydroxyl groups is 1. The summed E-state index contributed by atoms with van der Waals surface area (Å²) in [7, 11) is 0. The van der Waals surface area contributed by atoms with Crippen LogP contribution in [0.5, 0.6) is 0 Å². The van der Waals surface area contributed by atoms with Gasteiger partial charge in [-0.25, -0.2) is 0 Å². The van der Waals surface area contributed by atoms with Gasteiger partial charge in [0.25, 0.3) is 0 Å². The lowest BCUT2D eigenvalue weighted by atomic mass is 9.79. The first-order chi connectivity index (χ1) is 63.2. The Hall–Kier alpha value is -6.60. The second-order valence-corrected chi connectivity index (χ2v) is 37.7. The quantitative estimate of drug-likeness (QED) is 0.0352. The Morgan fingerprint density at radius 3 is 0.962 bits per heavy atom. The van der Waals surface area contributed by atoms with Crippen LogP contribution in [0.1, 0.15) is 149 Å². The molecule has 35 atom stereocenters. The lowest BCUT2D eigenvalue weighted by Gasteiger charge is -2.53. The van der Waals surface area contributed by atoms with Gasteiger partial charge in [0, 0.05) is 23.7 Å². The standard InChI is InChI=1S/C108H146O22/c1-16-54-114-102-78(15)96(128-105-97(73(10)70(7)86(17-2)119-105)115-59-83-48-34-23-35-49-83)101(92(124-102)66-118-104-93(109)72(9)69(6)89(122-104)63-111-56-80-42-28-20-29-43-80)130-108-100(74(11)71(8)90(123-108)64-112-57-81-44-30-21-31-45-81)129-106-98(116-60-84-50-36-24-37-51-84)76(13)94(87(18-3)120-106)127-107-99(117-61-85-52-38-25-39-53-85)77(14)95(91(125-107)65-113-58-82-46-32-22-33-47-82)126-103-75(12)67(4)68(5)88(121-103)62-110-55-79-40-26-19-27-41-79/h16,19-53,67-78,86-109H,1,17-18,54-66H2,2-15H3/t67-,68+,69-,70-,71-,72-,73-,74-,75?,76-,77-,78?,86?,87?,88?,89?,90?,91?,92?,93?,94-,95+,96+,97?,98?,99?,100?,101+,102-,103+,104+,105-,106+,107-,108-/m0/s1. The second kappa shape index (κ2) is 49.2. The molecular weight excluding hydrogens is 1650 g/mol. The average molecular weight is 1800 g/mol. The van der Waals surface area contributed by atoms with E-state index in [2.05, 4.69) is 162 Å². The zero-order chi connectivity index (χ0) is 91.2. The molecule has 0 bridgehead atoms. The van der Waals surface area contributed by atoms with E-state index in [0.717, 1.165) is 45.4 Å². The molecule has 0 saturated carbocycles. The van der Waals surface area contributed by atoms with Crippen molar-refractivity contribution in [3.05, 3.63) is 264 Å². The summed E-state index contributed by atoms with van der Waals surface area (Å²) in [5, 5.41) is 12.3. The first kappa shape index (κ1) is 99.4. The predicted molar refractivity (Wildman–Crippen MR) is 493 cm³/mol. The highest BCUT2D eigenvalue weighted by atomic mass is 16.8. The van der Waals surface area contributed by atoms with Crippen molar-refractivity contribution in [3.8, 4) is 0 Å². The maximum absolute atomic E-state index is 12.3. The lowest BCUT2D eigenvalue weighted by Crippen LogP contribution is -2.65. The minimum absolute atomic E-state index is 0.000113. The van der Waals surface area contributed by atoms with E-state index < -0.39 is 141 Å². The Morgan fingerprint density at radius 2 is 0.531 bits per heavy atom. The fourth-order valence-electron chi connectivity index (χ4n) is 19.6. The predicted octanol–water partition coefficient (Wildman–Crippen LogP) is 18.6. The van der Waals surface area contributed by atoms with Crippen LogP contribution in [0, 0.1) is 71.0 Å². The van der Waals surface area contributed by atoms with Gasteiger partial charge in [0.1, 0.15) is 48.8 Å². The van der Waals surface area contributed by atoms with Crippen molar-refractivity contribution in [1.29, 1.82) is 0 Å². The fraction of sp³-hybridized carbons (Fsp3) is 0.593. The number of hydrogen-bond donors (Lipinski definition) is 1. The van der Waals surface area contributed by atoms with Crippen molar-refractivity contribution in [2.75, 3.05) is 39.6 Å². The number of benzene rings is 7. The van der Waals surface area contributed by atoms with Crippen molar-refractivity contribution in [2.45, 2.75) is 298 Å². The number of aliphatic hydroxyl groups excluding tert-OH is 1. The van der Waals surface area contributed by atoms with Crippen LogP contribution in [-0.4, -0.2) is 186 Å². The molecule has 14 rings (SSSR count). The Labute approximate surface area is 772 Å². The first-order valence-electron chi connectivity index (χ1n) is 48.0. The largest absolute Gasteiger partial charge is 0.388 e. The highest BCUT2D eigenvalue weighted by Gasteiger charge is 2.58. The van der Waals surface area contributed by atoms with Gasteiger partial charge in [0.15, 0.2) is 44.0 Å². The van der Waals surface area contributed by atoms with Crippen molar-refractivity contribution >= 4 is 0 Å². The molecule has 22 nitrogen and oxygen atoms in total. The Bertz CT molecular complexity index is 4340. The number of rotatable bonds is 43. The van der Waals surface area contributed by atoms with Crippen molar-refractivity contribution in [2.24, 2.45) is 71.0 Å². The van der Waals surface area contributed by atoms with E-state index in [4.69, 9.17) is 99.5 Å². The molecule has 7 aliphatic rings. The lowest BCUT2D eigenvalue weighted by molar-refractivity contribution is -0.398. The molecule has 22 heteroatoms. The van der Waals surface area contributed by atoms with E-state index in [1.165, 1.54) is 0 Å². The maximum atomic E-state index is 12.3. The van der Waals surface area contributed by atoms with Gasteiger partial charge < -0.3 is 105 Å². The highest BCUT2D eigenvalue weighted by Crippen LogP contribution is 2.47. The first-order valence-corrected chi connectivity index (χ1v) is 48.0. The van der Waals surface area contributed by atoms with Gasteiger partial charge in [-0.2, -0.15) is 0 Å². The van der Waals surface area contributed by atoms with Gasteiger partial charge in [-0.15, -0.1) is 6.58 Å². The van der Waals surface area contributed by atoms with Crippen molar-refractivity contribution in [1.82, 2.24) is 0 Å². The Morgan fingerprint density at radius 1 is 0.238 bits per heavy atom. The molecule has 7 heterocycles. The maximum Gasteiger partial charge on any atom is 0.185 e.